The average molecular weight is 175 g/mol. The molecule has 0 aromatic carbocycles. The van der Waals surface area contributed by atoms with Crippen molar-refractivity contribution in [3.8, 4) is 0 Å². The molecule has 2 heterocycles. The second kappa shape index (κ2) is 2.95. The molecular formula is C8H9N5. The molecule has 5 heteroatoms. The van der Waals surface area contributed by atoms with E-state index in [1.807, 2.05) is 0 Å². The lowest BCUT2D eigenvalue weighted by Crippen LogP contribution is -2.48. The minimum Gasteiger partial charge on any atom is -0.350 e. The quantitative estimate of drug-likeness (QED) is 0.616. The Morgan fingerprint density at radius 3 is 3.00 bits per heavy atom. The summed E-state index contributed by atoms with van der Waals surface area (Å²) in [7, 11) is 0. The topological polar surface area (TPSA) is 76.2 Å². The summed E-state index contributed by atoms with van der Waals surface area (Å²) < 4.78 is 0. The summed E-state index contributed by atoms with van der Waals surface area (Å²) in [5.41, 5.74) is 6.51. The summed E-state index contributed by atoms with van der Waals surface area (Å²) in [6.45, 7) is 0. The maximum atomic E-state index is 5.92. The number of nitrogens with one attached hydrogen (secondary N) is 1. The summed E-state index contributed by atoms with van der Waals surface area (Å²) in [4.78, 5) is 4.08. The molecule has 0 saturated carbocycles. The van der Waals surface area contributed by atoms with Gasteiger partial charge in [-0.2, -0.15) is 5.10 Å². The minimum atomic E-state index is -0.969. The first-order valence-corrected chi connectivity index (χ1v) is 3.86. The Labute approximate surface area is 75.4 Å². The molecule has 0 radical (unpaired) electrons. The third-order valence-electron chi connectivity index (χ3n) is 1.73. The summed E-state index contributed by atoms with van der Waals surface area (Å²) >= 11 is 0. The van der Waals surface area contributed by atoms with Gasteiger partial charge in [-0.25, -0.2) is 4.99 Å². The van der Waals surface area contributed by atoms with Gasteiger partial charge in [0, 0.05) is 18.6 Å². The third-order valence-corrected chi connectivity index (χ3v) is 1.73. The molecule has 1 unspecified atom stereocenters. The zero-order valence-corrected chi connectivity index (χ0v) is 6.88. The van der Waals surface area contributed by atoms with Crippen LogP contribution in [-0.2, 0) is 5.79 Å². The molecule has 3 N–H and O–H groups in total. The van der Waals surface area contributed by atoms with Gasteiger partial charge in [0.15, 0.2) is 0 Å². The van der Waals surface area contributed by atoms with E-state index in [9.17, 15) is 0 Å². The molecule has 0 saturated heterocycles. The van der Waals surface area contributed by atoms with Crippen molar-refractivity contribution in [1.29, 1.82) is 0 Å². The Hall–Kier alpha value is -1.75. The van der Waals surface area contributed by atoms with Gasteiger partial charge >= 0.3 is 0 Å². The van der Waals surface area contributed by atoms with Crippen LogP contribution in [0, 0.1) is 0 Å². The van der Waals surface area contributed by atoms with Crippen LogP contribution < -0.4 is 11.1 Å². The maximum absolute atomic E-state index is 5.92. The van der Waals surface area contributed by atoms with Crippen molar-refractivity contribution in [3.63, 3.8) is 0 Å². The molecule has 0 amide bonds. The fourth-order valence-corrected chi connectivity index (χ4v) is 1.06. The van der Waals surface area contributed by atoms with Gasteiger partial charge in [-0.05, 0) is 18.2 Å². The number of hydrogen-bond acceptors (Lipinski definition) is 5. The van der Waals surface area contributed by atoms with E-state index in [1.54, 1.807) is 36.8 Å². The predicted molar refractivity (Wildman–Crippen MR) is 48.7 cm³/mol. The fraction of sp³-hybridized carbons (Fsp3) is 0.125. The molecule has 0 spiro atoms. The van der Waals surface area contributed by atoms with Gasteiger partial charge in [0.25, 0.3) is 0 Å². The lowest BCUT2D eigenvalue weighted by atomic mass is 10.2. The second-order valence-corrected chi connectivity index (χ2v) is 2.66. The Kier molecular flexibility index (Phi) is 1.79. The maximum Gasteiger partial charge on any atom is 0.227 e. The standard InChI is InChI=1S/C8H9N5/c9-8(10-4-2-5-11-8)7-3-1-6-12-13-7/h1-6,10H,9H2. The van der Waals surface area contributed by atoms with Crippen LogP contribution in [0.4, 0.5) is 0 Å². The molecular weight excluding hydrogens is 166 g/mol. The molecule has 2 rings (SSSR count). The molecule has 0 aliphatic carbocycles. The van der Waals surface area contributed by atoms with Crippen molar-refractivity contribution in [3.05, 3.63) is 36.3 Å². The highest BCUT2D eigenvalue weighted by Crippen LogP contribution is 2.14. The number of hydrogen-bond donors (Lipinski definition) is 2. The molecule has 1 aliphatic heterocycles. The Morgan fingerprint density at radius 2 is 2.38 bits per heavy atom. The molecule has 66 valence electrons. The van der Waals surface area contributed by atoms with Crippen molar-refractivity contribution in [1.82, 2.24) is 15.5 Å². The zero-order chi connectivity index (χ0) is 9.15. The van der Waals surface area contributed by atoms with Crippen LogP contribution in [0.5, 0.6) is 0 Å². The number of rotatable bonds is 1. The Balaban J connectivity index is 2.35. The molecule has 5 nitrogen and oxygen atoms in total. The van der Waals surface area contributed by atoms with E-state index < -0.39 is 5.79 Å². The predicted octanol–water partition coefficient (Wildman–Crippen LogP) is -0.267. The van der Waals surface area contributed by atoms with Crippen molar-refractivity contribution < 1.29 is 0 Å². The largest absolute Gasteiger partial charge is 0.350 e. The van der Waals surface area contributed by atoms with Crippen LogP contribution in [0.25, 0.3) is 0 Å². The highest BCUT2D eigenvalue weighted by molar-refractivity contribution is 5.72. The van der Waals surface area contributed by atoms with E-state index in [4.69, 9.17) is 5.73 Å². The Bertz CT molecular complexity index is 345. The molecule has 1 atom stereocenters. The Morgan fingerprint density at radius 1 is 1.46 bits per heavy atom. The van der Waals surface area contributed by atoms with Crippen LogP contribution in [0.3, 0.4) is 0 Å². The first-order valence-electron chi connectivity index (χ1n) is 3.86. The van der Waals surface area contributed by atoms with Gasteiger partial charge in [-0.15, -0.1) is 5.10 Å². The van der Waals surface area contributed by atoms with Crippen molar-refractivity contribution >= 4 is 6.21 Å². The fourth-order valence-electron chi connectivity index (χ4n) is 1.06. The lowest BCUT2D eigenvalue weighted by Gasteiger charge is -2.25. The molecule has 1 aromatic rings. The third kappa shape index (κ3) is 1.41. The van der Waals surface area contributed by atoms with Crippen LogP contribution >= 0.6 is 0 Å². The summed E-state index contributed by atoms with van der Waals surface area (Å²) in [6.07, 6.45) is 6.71. The number of allylic oxidation sites excluding steroid dienone is 1. The van der Waals surface area contributed by atoms with Gasteiger partial charge in [0.2, 0.25) is 5.79 Å². The normalized spacial score (nSPS) is 25.6. The van der Waals surface area contributed by atoms with E-state index >= 15 is 0 Å². The number of nitrogens with two attached hydrogens (primary N) is 1. The highest BCUT2D eigenvalue weighted by Gasteiger charge is 2.27. The molecule has 13 heavy (non-hydrogen) atoms. The van der Waals surface area contributed by atoms with Crippen LogP contribution in [0.15, 0.2) is 35.6 Å². The smallest absolute Gasteiger partial charge is 0.227 e. The van der Waals surface area contributed by atoms with E-state index in [0.29, 0.717) is 5.69 Å². The molecule has 0 bridgehead atoms. The second-order valence-electron chi connectivity index (χ2n) is 2.66. The summed E-state index contributed by atoms with van der Waals surface area (Å²) in [5.74, 6) is -0.969. The monoisotopic (exact) mass is 175 g/mol. The SMILES string of the molecule is NC1(c2cccnn2)N=CC=CN1. The van der Waals surface area contributed by atoms with Gasteiger partial charge in [0.1, 0.15) is 5.69 Å². The zero-order valence-electron chi connectivity index (χ0n) is 6.88. The van der Waals surface area contributed by atoms with Gasteiger partial charge in [-0.3, -0.25) is 5.73 Å². The van der Waals surface area contributed by atoms with E-state index in [-0.39, 0.29) is 0 Å². The number of aliphatic imine (C=N–C) groups is 1. The highest BCUT2D eigenvalue weighted by atomic mass is 15.3. The minimum absolute atomic E-state index is 0.593. The molecule has 0 fully saturated rings. The van der Waals surface area contributed by atoms with Crippen LogP contribution in [0.1, 0.15) is 5.69 Å². The molecule has 1 aromatic heterocycles. The molecule has 1 aliphatic rings. The first-order chi connectivity index (χ1) is 6.31. The van der Waals surface area contributed by atoms with Crippen molar-refractivity contribution in [2.45, 2.75) is 5.79 Å². The van der Waals surface area contributed by atoms with Crippen LogP contribution in [-0.4, -0.2) is 16.4 Å². The van der Waals surface area contributed by atoms with Gasteiger partial charge in [0.05, 0.1) is 0 Å². The lowest BCUT2D eigenvalue weighted by molar-refractivity contribution is 0.395. The number of aromatic nitrogens is 2. The van der Waals surface area contributed by atoms with Crippen molar-refractivity contribution in [2.24, 2.45) is 10.7 Å². The summed E-state index contributed by atoms with van der Waals surface area (Å²) in [5, 5.41) is 10.5. The summed E-state index contributed by atoms with van der Waals surface area (Å²) in [6, 6.07) is 3.54. The van der Waals surface area contributed by atoms with Gasteiger partial charge in [-0.1, -0.05) is 0 Å². The number of nitrogens with zero attached hydrogens (tertiary/aromatic N) is 3. The van der Waals surface area contributed by atoms with E-state index in [0.717, 1.165) is 0 Å². The van der Waals surface area contributed by atoms with E-state index in [1.165, 1.54) is 0 Å². The van der Waals surface area contributed by atoms with E-state index in [2.05, 4.69) is 20.5 Å². The van der Waals surface area contributed by atoms with Crippen LogP contribution in [0.2, 0.25) is 0 Å². The van der Waals surface area contributed by atoms with Gasteiger partial charge < -0.3 is 5.32 Å². The van der Waals surface area contributed by atoms with Crippen molar-refractivity contribution in [2.75, 3.05) is 0 Å². The first kappa shape index (κ1) is 7.88. The average Bonchev–Trinajstić information content (AvgIpc) is 2.20.